The third kappa shape index (κ3) is 2.81. The maximum Gasteiger partial charge on any atom is 0.238 e. The number of benzene rings is 1. The van der Waals surface area contributed by atoms with E-state index in [1.807, 2.05) is 6.07 Å². The maximum absolute atomic E-state index is 11.3. The molecule has 0 unspecified atom stereocenters. The molecule has 1 heterocycles. The van der Waals surface area contributed by atoms with E-state index in [2.05, 4.69) is 23.3 Å². The number of sulfonamides is 1. The van der Waals surface area contributed by atoms with Crippen LogP contribution in [0.5, 0.6) is 0 Å². The first-order valence-electron chi connectivity index (χ1n) is 6.60. The molecule has 0 radical (unpaired) electrons. The Morgan fingerprint density at radius 2 is 1.86 bits per heavy atom. The third-order valence-electron chi connectivity index (χ3n) is 3.34. The number of hydrogen-bond donors (Lipinski definition) is 1. The topological polar surface area (TPSA) is 78.0 Å². The highest BCUT2D eigenvalue weighted by Gasteiger charge is 2.11. The van der Waals surface area contributed by atoms with Gasteiger partial charge >= 0.3 is 0 Å². The van der Waals surface area contributed by atoms with E-state index >= 15 is 0 Å². The van der Waals surface area contributed by atoms with Crippen molar-refractivity contribution in [3.05, 3.63) is 60.5 Å². The normalized spacial score (nSPS) is 15.0. The summed E-state index contributed by atoms with van der Waals surface area (Å²) in [4.78, 5) is 0.0942. The summed E-state index contributed by atoms with van der Waals surface area (Å²) in [6.07, 6.45) is 10.2. The van der Waals surface area contributed by atoms with E-state index in [0.29, 0.717) is 0 Å². The lowest BCUT2D eigenvalue weighted by atomic mass is 10.0. The first kappa shape index (κ1) is 13.8. The molecule has 0 bridgehead atoms. The third-order valence-corrected chi connectivity index (χ3v) is 4.27. The van der Waals surface area contributed by atoms with Crippen LogP contribution in [0.25, 0.3) is 11.3 Å². The van der Waals surface area contributed by atoms with Gasteiger partial charge in [0.1, 0.15) is 0 Å². The van der Waals surface area contributed by atoms with Gasteiger partial charge in [-0.2, -0.15) is 5.10 Å². The summed E-state index contributed by atoms with van der Waals surface area (Å²) in [5.41, 5.74) is 2.89. The second kappa shape index (κ2) is 5.31. The lowest BCUT2D eigenvalue weighted by molar-refractivity contribution is 0.598. The number of nitrogens with zero attached hydrogens (tertiary/aromatic N) is 2. The standard InChI is InChI=1S/C15H15N3O2S/c16-21(19,20)14-8-6-13(7-9-14)18-15(10-11-17-18)12-4-2-1-3-5-12/h2,4-11H,1,3H2,(H2,16,19,20). The van der Waals surface area contributed by atoms with Gasteiger partial charge in [0.25, 0.3) is 0 Å². The van der Waals surface area contributed by atoms with Gasteiger partial charge in [0, 0.05) is 0 Å². The summed E-state index contributed by atoms with van der Waals surface area (Å²) >= 11 is 0. The predicted molar refractivity (Wildman–Crippen MR) is 81.3 cm³/mol. The number of primary sulfonamides is 1. The van der Waals surface area contributed by atoms with Gasteiger partial charge < -0.3 is 0 Å². The Morgan fingerprint density at radius 1 is 1.10 bits per heavy atom. The molecule has 1 aliphatic carbocycles. The fraction of sp³-hybridized carbons (Fsp3) is 0.133. The molecule has 0 atom stereocenters. The van der Waals surface area contributed by atoms with E-state index in [-0.39, 0.29) is 4.90 Å². The number of nitrogens with two attached hydrogens (primary N) is 1. The van der Waals surface area contributed by atoms with Crippen LogP contribution < -0.4 is 5.14 Å². The molecule has 3 rings (SSSR count). The van der Waals surface area contributed by atoms with Crippen molar-refractivity contribution in [3.8, 4) is 5.69 Å². The fourth-order valence-electron chi connectivity index (χ4n) is 2.31. The second-order valence-corrected chi connectivity index (χ2v) is 6.37. The summed E-state index contributed by atoms with van der Waals surface area (Å²) in [7, 11) is -3.67. The van der Waals surface area contributed by atoms with Crippen molar-refractivity contribution in [3.63, 3.8) is 0 Å². The molecule has 0 fully saturated rings. The second-order valence-electron chi connectivity index (χ2n) is 4.81. The Kier molecular flexibility index (Phi) is 3.48. The van der Waals surface area contributed by atoms with Crippen LogP contribution in [0.1, 0.15) is 18.5 Å². The molecule has 2 N–H and O–H groups in total. The molecule has 108 valence electrons. The highest BCUT2D eigenvalue weighted by atomic mass is 32.2. The van der Waals surface area contributed by atoms with Gasteiger partial charge in [0.05, 0.1) is 22.5 Å². The summed E-state index contributed by atoms with van der Waals surface area (Å²) in [5.74, 6) is 0. The van der Waals surface area contributed by atoms with Gasteiger partial charge in [-0.3, -0.25) is 0 Å². The minimum absolute atomic E-state index is 0.0942. The maximum atomic E-state index is 11.3. The minimum Gasteiger partial charge on any atom is -0.233 e. The van der Waals surface area contributed by atoms with Crippen molar-refractivity contribution in [1.29, 1.82) is 0 Å². The molecular formula is C15H15N3O2S. The van der Waals surface area contributed by atoms with Gasteiger partial charge in [-0.05, 0) is 48.7 Å². The monoisotopic (exact) mass is 301 g/mol. The quantitative estimate of drug-likeness (QED) is 0.944. The zero-order valence-corrected chi connectivity index (χ0v) is 12.1. The van der Waals surface area contributed by atoms with Crippen LogP contribution in [-0.2, 0) is 10.0 Å². The molecule has 1 aromatic carbocycles. The first-order valence-corrected chi connectivity index (χ1v) is 8.15. The van der Waals surface area contributed by atoms with Crippen LogP contribution in [0, 0.1) is 0 Å². The zero-order valence-electron chi connectivity index (χ0n) is 11.3. The van der Waals surface area contributed by atoms with Crippen LogP contribution >= 0.6 is 0 Å². The highest BCUT2D eigenvalue weighted by Crippen LogP contribution is 2.23. The highest BCUT2D eigenvalue weighted by molar-refractivity contribution is 7.89. The predicted octanol–water partition coefficient (Wildman–Crippen LogP) is 2.25. The van der Waals surface area contributed by atoms with Crippen LogP contribution in [0.4, 0.5) is 0 Å². The largest absolute Gasteiger partial charge is 0.238 e. The molecule has 0 aliphatic heterocycles. The summed E-state index contributed by atoms with van der Waals surface area (Å²) < 4.78 is 24.4. The molecular weight excluding hydrogens is 286 g/mol. The van der Waals surface area contributed by atoms with E-state index in [4.69, 9.17) is 5.14 Å². The Bertz CT molecular complexity index is 815. The van der Waals surface area contributed by atoms with Crippen molar-refractivity contribution in [1.82, 2.24) is 9.78 Å². The molecule has 0 saturated carbocycles. The van der Waals surface area contributed by atoms with Crippen molar-refractivity contribution < 1.29 is 8.42 Å². The average molecular weight is 301 g/mol. The lowest BCUT2D eigenvalue weighted by Crippen LogP contribution is -2.12. The number of allylic oxidation sites excluding steroid dienone is 4. The van der Waals surface area contributed by atoms with E-state index in [0.717, 1.165) is 29.8 Å². The molecule has 21 heavy (non-hydrogen) atoms. The Hall–Kier alpha value is -2.18. The van der Waals surface area contributed by atoms with Gasteiger partial charge in [-0.1, -0.05) is 18.2 Å². The van der Waals surface area contributed by atoms with Crippen molar-refractivity contribution in [2.24, 2.45) is 5.14 Å². The molecule has 6 heteroatoms. The first-order chi connectivity index (χ1) is 10.1. The van der Waals surface area contributed by atoms with E-state index in [1.165, 1.54) is 12.1 Å². The van der Waals surface area contributed by atoms with Crippen LogP contribution in [0.3, 0.4) is 0 Å². The van der Waals surface area contributed by atoms with Crippen molar-refractivity contribution >= 4 is 15.6 Å². The Labute approximate surface area is 123 Å². The van der Waals surface area contributed by atoms with E-state index < -0.39 is 10.0 Å². The summed E-state index contributed by atoms with van der Waals surface area (Å²) in [6.45, 7) is 0. The van der Waals surface area contributed by atoms with Crippen molar-refractivity contribution in [2.45, 2.75) is 17.7 Å². The smallest absolute Gasteiger partial charge is 0.233 e. The Balaban J connectivity index is 2.00. The SMILES string of the molecule is NS(=O)(=O)c1ccc(-n2nccc2C2=CCCC=C2)cc1. The van der Waals surface area contributed by atoms with E-state index in [9.17, 15) is 8.42 Å². The average Bonchev–Trinajstić information content (AvgIpc) is 2.97. The van der Waals surface area contributed by atoms with Gasteiger partial charge in [-0.25, -0.2) is 18.2 Å². The number of hydrogen-bond acceptors (Lipinski definition) is 3. The minimum atomic E-state index is -3.67. The molecule has 0 saturated heterocycles. The van der Waals surface area contributed by atoms with E-state index in [1.54, 1.807) is 23.0 Å². The van der Waals surface area contributed by atoms with Gasteiger partial charge in [0.2, 0.25) is 10.0 Å². The molecule has 1 aromatic heterocycles. The van der Waals surface area contributed by atoms with Crippen molar-refractivity contribution in [2.75, 3.05) is 0 Å². The number of aromatic nitrogens is 2. The van der Waals surface area contributed by atoms with Crippen LogP contribution in [0.2, 0.25) is 0 Å². The summed E-state index contributed by atoms with van der Waals surface area (Å²) in [6, 6.07) is 8.31. The van der Waals surface area contributed by atoms with Crippen LogP contribution in [-0.4, -0.2) is 18.2 Å². The molecule has 1 aliphatic rings. The van der Waals surface area contributed by atoms with Gasteiger partial charge in [-0.15, -0.1) is 0 Å². The van der Waals surface area contributed by atoms with Gasteiger partial charge in [0.15, 0.2) is 0 Å². The zero-order chi connectivity index (χ0) is 14.9. The lowest BCUT2D eigenvalue weighted by Gasteiger charge is -2.11. The molecule has 0 spiro atoms. The molecule has 5 nitrogen and oxygen atoms in total. The fourth-order valence-corrected chi connectivity index (χ4v) is 2.82. The number of rotatable bonds is 3. The van der Waals surface area contributed by atoms with Crippen LogP contribution in [0.15, 0.2) is 59.7 Å². The molecule has 0 amide bonds. The Morgan fingerprint density at radius 3 is 2.48 bits per heavy atom. The summed E-state index contributed by atoms with van der Waals surface area (Å²) in [5, 5.41) is 9.42. The molecule has 2 aromatic rings.